The minimum atomic E-state index is -2.13. The summed E-state index contributed by atoms with van der Waals surface area (Å²) < 4.78 is 23.0. The standard InChI is InChI=1S/C8H9FNO2P/c1-10-5-3-2-4-6-7(5)12-8(9,13)11-6/h2-4,10H,13H2,1H3. The Bertz CT molecular complexity index is 343. The quantitative estimate of drug-likeness (QED) is 0.704. The number of alkyl halides is 1. The zero-order valence-corrected chi connectivity index (χ0v) is 8.16. The Morgan fingerprint density at radius 1 is 1.46 bits per heavy atom. The number of anilines is 1. The number of hydrogen-bond donors (Lipinski definition) is 1. The third-order valence-electron chi connectivity index (χ3n) is 1.74. The average molecular weight is 201 g/mol. The highest BCUT2D eigenvalue weighted by Crippen LogP contribution is 2.47. The molecule has 1 aromatic carbocycles. The summed E-state index contributed by atoms with van der Waals surface area (Å²) >= 11 is 0. The fraction of sp³-hybridized carbons (Fsp3) is 0.250. The van der Waals surface area contributed by atoms with E-state index in [2.05, 4.69) is 5.32 Å². The molecule has 13 heavy (non-hydrogen) atoms. The molecule has 3 nitrogen and oxygen atoms in total. The molecule has 5 heteroatoms. The van der Waals surface area contributed by atoms with Gasteiger partial charge in [-0.05, 0) is 21.4 Å². The van der Waals surface area contributed by atoms with Gasteiger partial charge < -0.3 is 14.8 Å². The molecule has 70 valence electrons. The lowest BCUT2D eigenvalue weighted by molar-refractivity contribution is -0.104. The summed E-state index contributed by atoms with van der Waals surface area (Å²) in [5, 5.41) is 2.88. The summed E-state index contributed by atoms with van der Waals surface area (Å²) in [6.45, 7) is 0. The second-order valence-electron chi connectivity index (χ2n) is 2.67. The average Bonchev–Trinajstić information content (AvgIpc) is 2.37. The molecule has 0 fully saturated rings. The number of fused-ring (bicyclic) bond motifs is 1. The molecule has 0 radical (unpaired) electrons. The predicted molar refractivity (Wildman–Crippen MR) is 50.8 cm³/mol. The SMILES string of the molecule is CNc1cccc2c1OC(F)(P)O2. The highest BCUT2D eigenvalue weighted by molar-refractivity contribution is 7.18. The molecule has 2 rings (SSSR count). The number of para-hydroxylation sites is 1. The molecule has 0 amide bonds. The molecule has 0 saturated carbocycles. The van der Waals surface area contributed by atoms with Crippen molar-refractivity contribution >= 4 is 14.9 Å². The molecular weight excluding hydrogens is 192 g/mol. The molecular formula is C8H9FNO2P. The molecule has 1 aliphatic heterocycles. The minimum Gasteiger partial charge on any atom is -0.420 e. The summed E-state index contributed by atoms with van der Waals surface area (Å²) in [4.78, 5) is 0. The zero-order valence-electron chi connectivity index (χ0n) is 7.00. The molecule has 0 bridgehead atoms. The summed E-state index contributed by atoms with van der Waals surface area (Å²) in [6.07, 6.45) is 0. The molecule has 0 aliphatic carbocycles. The van der Waals surface area contributed by atoms with E-state index in [1.807, 2.05) is 9.24 Å². The summed E-state index contributed by atoms with van der Waals surface area (Å²) in [6, 6.07) is 5.20. The van der Waals surface area contributed by atoms with Gasteiger partial charge in [-0.3, -0.25) is 0 Å². The summed E-state index contributed by atoms with van der Waals surface area (Å²) in [5.74, 6) is -1.32. The Hall–Kier alpha value is -1.02. The van der Waals surface area contributed by atoms with Crippen LogP contribution in [0.3, 0.4) is 0 Å². The highest BCUT2D eigenvalue weighted by atomic mass is 31.0. The van der Waals surface area contributed by atoms with Gasteiger partial charge in [-0.15, -0.1) is 0 Å². The molecule has 0 saturated heterocycles. The van der Waals surface area contributed by atoms with E-state index in [0.717, 1.165) is 0 Å². The Morgan fingerprint density at radius 2 is 2.23 bits per heavy atom. The second kappa shape index (κ2) is 2.74. The van der Waals surface area contributed by atoms with Crippen molar-refractivity contribution in [2.24, 2.45) is 0 Å². The van der Waals surface area contributed by atoms with Crippen molar-refractivity contribution in [2.45, 2.75) is 5.78 Å². The Balaban J connectivity index is 2.45. The van der Waals surface area contributed by atoms with Gasteiger partial charge >= 0.3 is 5.78 Å². The van der Waals surface area contributed by atoms with Crippen LogP contribution in [0, 0.1) is 0 Å². The number of ether oxygens (including phenoxy) is 2. The normalized spacial score (nSPS) is 24.5. The topological polar surface area (TPSA) is 30.5 Å². The summed E-state index contributed by atoms with van der Waals surface area (Å²) in [5.41, 5.74) is 0.708. The number of rotatable bonds is 1. The maximum absolute atomic E-state index is 13.2. The van der Waals surface area contributed by atoms with Gasteiger partial charge in [0.05, 0.1) is 5.69 Å². The smallest absolute Gasteiger partial charge is 0.418 e. The fourth-order valence-electron chi connectivity index (χ4n) is 1.21. The van der Waals surface area contributed by atoms with Gasteiger partial charge in [0, 0.05) is 7.05 Å². The lowest BCUT2D eigenvalue weighted by Crippen LogP contribution is -2.23. The van der Waals surface area contributed by atoms with Crippen molar-refractivity contribution in [3.63, 3.8) is 0 Å². The van der Waals surface area contributed by atoms with E-state index in [-0.39, 0.29) is 0 Å². The lowest BCUT2D eigenvalue weighted by atomic mass is 10.3. The van der Waals surface area contributed by atoms with E-state index in [0.29, 0.717) is 17.2 Å². The molecule has 1 aromatic rings. The molecule has 0 aromatic heterocycles. The Morgan fingerprint density at radius 3 is 2.92 bits per heavy atom. The van der Waals surface area contributed by atoms with E-state index in [1.54, 1.807) is 25.2 Å². The van der Waals surface area contributed by atoms with Crippen LogP contribution >= 0.6 is 9.24 Å². The number of benzene rings is 1. The van der Waals surface area contributed by atoms with Crippen LogP contribution < -0.4 is 14.8 Å². The van der Waals surface area contributed by atoms with Gasteiger partial charge in [-0.2, -0.15) is 4.39 Å². The van der Waals surface area contributed by atoms with E-state index >= 15 is 0 Å². The molecule has 1 N–H and O–H groups in total. The van der Waals surface area contributed by atoms with E-state index < -0.39 is 5.78 Å². The third-order valence-corrected chi connectivity index (χ3v) is 1.97. The molecule has 1 heterocycles. The van der Waals surface area contributed by atoms with Crippen molar-refractivity contribution in [3.8, 4) is 11.5 Å². The van der Waals surface area contributed by atoms with Crippen LogP contribution in [0.25, 0.3) is 0 Å². The number of hydrogen-bond acceptors (Lipinski definition) is 3. The van der Waals surface area contributed by atoms with Gasteiger partial charge in [0.1, 0.15) is 0 Å². The van der Waals surface area contributed by atoms with Gasteiger partial charge in [0.25, 0.3) is 0 Å². The maximum atomic E-state index is 13.2. The van der Waals surface area contributed by atoms with Gasteiger partial charge in [0.15, 0.2) is 11.5 Å². The molecule has 0 spiro atoms. The Labute approximate surface area is 77.4 Å². The van der Waals surface area contributed by atoms with Crippen LogP contribution in [0.15, 0.2) is 18.2 Å². The van der Waals surface area contributed by atoms with Gasteiger partial charge in [0.2, 0.25) is 0 Å². The van der Waals surface area contributed by atoms with Crippen molar-refractivity contribution < 1.29 is 13.9 Å². The first kappa shape index (κ1) is 8.57. The zero-order chi connectivity index (χ0) is 9.47. The van der Waals surface area contributed by atoms with Gasteiger partial charge in [-0.1, -0.05) is 6.07 Å². The minimum absolute atomic E-state index is 0.405. The van der Waals surface area contributed by atoms with E-state index in [1.165, 1.54) is 0 Å². The first-order chi connectivity index (χ1) is 6.12. The van der Waals surface area contributed by atoms with Crippen LogP contribution in [0.1, 0.15) is 0 Å². The van der Waals surface area contributed by atoms with Crippen molar-refractivity contribution in [2.75, 3.05) is 12.4 Å². The largest absolute Gasteiger partial charge is 0.420 e. The number of halogens is 1. The lowest BCUT2D eigenvalue weighted by Gasteiger charge is -2.11. The van der Waals surface area contributed by atoms with Gasteiger partial charge in [-0.25, -0.2) is 0 Å². The first-order valence-electron chi connectivity index (χ1n) is 3.79. The van der Waals surface area contributed by atoms with Crippen molar-refractivity contribution in [1.29, 1.82) is 0 Å². The fourth-order valence-corrected chi connectivity index (χ4v) is 1.45. The van der Waals surface area contributed by atoms with E-state index in [4.69, 9.17) is 9.47 Å². The predicted octanol–water partition coefficient (Wildman–Crippen LogP) is 1.96. The van der Waals surface area contributed by atoms with Crippen LogP contribution in [0.4, 0.5) is 10.1 Å². The van der Waals surface area contributed by atoms with Crippen molar-refractivity contribution in [1.82, 2.24) is 0 Å². The van der Waals surface area contributed by atoms with Crippen LogP contribution in [-0.2, 0) is 0 Å². The van der Waals surface area contributed by atoms with Crippen LogP contribution in [0.5, 0.6) is 11.5 Å². The van der Waals surface area contributed by atoms with Crippen LogP contribution in [0.2, 0.25) is 0 Å². The van der Waals surface area contributed by atoms with Crippen LogP contribution in [-0.4, -0.2) is 12.8 Å². The van der Waals surface area contributed by atoms with E-state index in [9.17, 15) is 4.39 Å². The highest BCUT2D eigenvalue weighted by Gasteiger charge is 2.38. The maximum Gasteiger partial charge on any atom is 0.418 e. The monoisotopic (exact) mass is 201 g/mol. The third kappa shape index (κ3) is 1.42. The molecule has 1 aliphatic rings. The molecule has 2 atom stereocenters. The van der Waals surface area contributed by atoms with Crippen molar-refractivity contribution in [3.05, 3.63) is 18.2 Å². The number of nitrogens with one attached hydrogen (secondary N) is 1. The summed E-state index contributed by atoms with van der Waals surface area (Å²) in [7, 11) is 3.60. The second-order valence-corrected chi connectivity index (χ2v) is 3.36. The first-order valence-corrected chi connectivity index (χ1v) is 4.37. The Kier molecular flexibility index (Phi) is 1.81. The molecule has 2 unspecified atom stereocenters.